The standard InChI is InChI=1S/C28H27N5O3/c1-31-25-9-10-32(17-33-16-30-14-21(33)11-19-5-7-20(13-29)8-6-19)15-24(25)23(12-27(31)34)22-3-2-4-26-28(22)36-18-35-26/h2-8,12,14,16,24-25H,9-11,15,17-18H2,1H3. The molecule has 3 aliphatic rings. The van der Waals surface area contributed by atoms with Crippen molar-refractivity contribution in [3.8, 4) is 17.6 Å². The van der Waals surface area contributed by atoms with E-state index in [1.807, 2.05) is 66.9 Å². The van der Waals surface area contributed by atoms with Crippen molar-refractivity contribution in [3.05, 3.63) is 83.4 Å². The Morgan fingerprint density at radius 2 is 2.03 bits per heavy atom. The van der Waals surface area contributed by atoms with Crippen LogP contribution in [0.5, 0.6) is 11.5 Å². The van der Waals surface area contributed by atoms with Gasteiger partial charge in [0.25, 0.3) is 0 Å². The number of carbonyl (C=O) groups is 1. The summed E-state index contributed by atoms with van der Waals surface area (Å²) < 4.78 is 13.6. The predicted octanol–water partition coefficient (Wildman–Crippen LogP) is 3.28. The van der Waals surface area contributed by atoms with Crippen LogP contribution < -0.4 is 9.47 Å². The highest BCUT2D eigenvalue weighted by Crippen LogP contribution is 2.45. The number of imidazole rings is 1. The van der Waals surface area contributed by atoms with Crippen LogP contribution in [0.15, 0.2) is 61.1 Å². The molecule has 1 saturated heterocycles. The molecule has 36 heavy (non-hydrogen) atoms. The molecule has 0 N–H and O–H groups in total. The third-order valence-corrected chi connectivity index (χ3v) is 7.51. The normalized spacial score (nSPS) is 21.2. The molecule has 1 aromatic heterocycles. The maximum absolute atomic E-state index is 12.9. The monoisotopic (exact) mass is 481 g/mol. The molecular formula is C28H27N5O3. The van der Waals surface area contributed by atoms with E-state index in [0.29, 0.717) is 5.56 Å². The minimum atomic E-state index is 0.0375. The molecule has 0 aliphatic carbocycles. The van der Waals surface area contributed by atoms with Gasteiger partial charge in [-0.2, -0.15) is 5.26 Å². The van der Waals surface area contributed by atoms with E-state index in [1.165, 1.54) is 0 Å². The van der Waals surface area contributed by atoms with Gasteiger partial charge in [0.15, 0.2) is 11.5 Å². The number of nitrogens with zero attached hydrogens (tertiary/aromatic N) is 5. The lowest BCUT2D eigenvalue weighted by molar-refractivity contribution is -0.129. The van der Waals surface area contributed by atoms with Crippen molar-refractivity contribution >= 4 is 11.5 Å². The van der Waals surface area contributed by atoms with Crippen LogP contribution >= 0.6 is 0 Å². The number of piperidine rings is 1. The zero-order valence-corrected chi connectivity index (χ0v) is 20.1. The molecule has 8 nitrogen and oxygen atoms in total. The molecule has 3 aromatic rings. The summed E-state index contributed by atoms with van der Waals surface area (Å²) in [4.78, 5) is 21.6. The number of likely N-dealkylation sites (tertiary alicyclic amines) is 1. The Hall–Kier alpha value is -4.09. The van der Waals surface area contributed by atoms with E-state index >= 15 is 0 Å². The smallest absolute Gasteiger partial charge is 0.246 e. The number of fused-ring (bicyclic) bond motifs is 2. The molecule has 3 aliphatic heterocycles. The number of benzene rings is 2. The molecule has 0 spiro atoms. The summed E-state index contributed by atoms with van der Waals surface area (Å²) in [6.07, 6.45) is 7.22. The lowest BCUT2D eigenvalue weighted by Crippen LogP contribution is -2.54. The fraction of sp³-hybridized carbons (Fsp3) is 0.321. The Morgan fingerprint density at radius 3 is 2.86 bits per heavy atom. The molecule has 0 bridgehead atoms. The number of para-hydroxylation sites is 1. The lowest BCUT2D eigenvalue weighted by atomic mass is 9.79. The van der Waals surface area contributed by atoms with Crippen molar-refractivity contribution in [2.24, 2.45) is 5.92 Å². The van der Waals surface area contributed by atoms with Crippen molar-refractivity contribution in [1.29, 1.82) is 5.26 Å². The molecule has 0 radical (unpaired) electrons. The summed E-state index contributed by atoms with van der Waals surface area (Å²) in [5.41, 5.74) is 4.91. The van der Waals surface area contributed by atoms with Crippen LogP contribution in [0.25, 0.3) is 5.57 Å². The number of ether oxygens (including phenoxy) is 2. The minimum absolute atomic E-state index is 0.0375. The molecule has 2 aromatic carbocycles. The molecular weight excluding hydrogens is 454 g/mol. The van der Waals surface area contributed by atoms with E-state index in [-0.39, 0.29) is 24.7 Å². The van der Waals surface area contributed by atoms with Crippen molar-refractivity contribution in [2.45, 2.75) is 25.6 Å². The molecule has 0 saturated carbocycles. The van der Waals surface area contributed by atoms with Crippen molar-refractivity contribution < 1.29 is 14.3 Å². The molecule has 4 heterocycles. The molecule has 8 heteroatoms. The van der Waals surface area contributed by atoms with Crippen molar-refractivity contribution in [3.63, 3.8) is 0 Å². The Labute approximate surface area is 210 Å². The summed E-state index contributed by atoms with van der Waals surface area (Å²) >= 11 is 0. The second-order valence-corrected chi connectivity index (χ2v) is 9.61. The Kier molecular flexibility index (Phi) is 5.70. The number of carbonyl (C=O) groups excluding carboxylic acids is 1. The maximum Gasteiger partial charge on any atom is 0.246 e. The fourth-order valence-corrected chi connectivity index (χ4v) is 5.59. The number of likely N-dealkylation sites (N-methyl/N-ethyl adjacent to an activating group) is 1. The van der Waals surface area contributed by atoms with E-state index in [9.17, 15) is 4.79 Å². The highest BCUT2D eigenvalue weighted by atomic mass is 16.7. The van der Waals surface area contributed by atoms with E-state index in [2.05, 4.69) is 20.5 Å². The third kappa shape index (κ3) is 4.01. The van der Waals surface area contributed by atoms with E-state index in [1.54, 1.807) is 6.08 Å². The van der Waals surface area contributed by atoms with E-state index < -0.39 is 0 Å². The summed E-state index contributed by atoms with van der Waals surface area (Å²) in [6.45, 7) is 2.66. The fourth-order valence-electron chi connectivity index (χ4n) is 5.59. The zero-order chi connectivity index (χ0) is 24.6. The van der Waals surface area contributed by atoms with Gasteiger partial charge in [-0.1, -0.05) is 24.3 Å². The SMILES string of the molecule is CN1C(=O)C=C(c2cccc3c2OCO3)C2CN(Cn3cncc3Cc3ccc(C#N)cc3)CCC21. The third-order valence-electron chi connectivity index (χ3n) is 7.51. The number of amides is 1. The molecule has 2 atom stereocenters. The number of aromatic nitrogens is 2. The van der Waals surface area contributed by atoms with Crippen LogP contribution in [0.4, 0.5) is 0 Å². The van der Waals surface area contributed by atoms with Crippen LogP contribution in [-0.4, -0.2) is 58.2 Å². The topological polar surface area (TPSA) is 83.6 Å². The molecule has 2 unspecified atom stereocenters. The molecule has 1 fully saturated rings. The van der Waals surface area contributed by atoms with Gasteiger partial charge in [-0.05, 0) is 35.8 Å². The number of hydrogen-bond donors (Lipinski definition) is 0. The summed E-state index contributed by atoms with van der Waals surface area (Å²) in [5.74, 6) is 1.67. The first-order valence-corrected chi connectivity index (χ1v) is 12.2. The lowest BCUT2D eigenvalue weighted by Gasteiger charge is -2.46. The average Bonchev–Trinajstić information content (AvgIpc) is 3.56. The average molecular weight is 482 g/mol. The molecule has 182 valence electrons. The van der Waals surface area contributed by atoms with Crippen LogP contribution in [0, 0.1) is 17.2 Å². The van der Waals surface area contributed by atoms with Gasteiger partial charge in [-0.3, -0.25) is 9.69 Å². The number of nitriles is 1. The van der Waals surface area contributed by atoms with Gasteiger partial charge >= 0.3 is 0 Å². The Morgan fingerprint density at radius 1 is 1.17 bits per heavy atom. The largest absolute Gasteiger partial charge is 0.454 e. The maximum atomic E-state index is 12.9. The summed E-state index contributed by atoms with van der Waals surface area (Å²) in [6, 6.07) is 15.9. The number of hydrogen-bond acceptors (Lipinski definition) is 6. The van der Waals surface area contributed by atoms with Crippen LogP contribution in [-0.2, 0) is 17.9 Å². The Bertz CT molecular complexity index is 1370. The van der Waals surface area contributed by atoms with E-state index in [4.69, 9.17) is 14.7 Å². The highest BCUT2D eigenvalue weighted by molar-refractivity contribution is 5.99. The first-order valence-electron chi connectivity index (χ1n) is 12.2. The van der Waals surface area contributed by atoms with E-state index in [0.717, 1.165) is 66.5 Å². The highest BCUT2D eigenvalue weighted by Gasteiger charge is 2.41. The van der Waals surface area contributed by atoms with Crippen molar-refractivity contribution in [1.82, 2.24) is 19.4 Å². The van der Waals surface area contributed by atoms with Gasteiger partial charge in [0.05, 0.1) is 24.6 Å². The predicted molar refractivity (Wildman–Crippen MR) is 133 cm³/mol. The van der Waals surface area contributed by atoms with Gasteiger partial charge in [0, 0.05) is 62.0 Å². The van der Waals surface area contributed by atoms with Gasteiger partial charge in [0.1, 0.15) is 0 Å². The summed E-state index contributed by atoms with van der Waals surface area (Å²) in [7, 11) is 1.91. The minimum Gasteiger partial charge on any atom is -0.454 e. The summed E-state index contributed by atoms with van der Waals surface area (Å²) in [5, 5.41) is 9.05. The zero-order valence-electron chi connectivity index (χ0n) is 20.1. The van der Waals surface area contributed by atoms with Crippen LogP contribution in [0.1, 0.15) is 28.8 Å². The molecule has 6 rings (SSSR count). The Balaban J connectivity index is 1.23. The second kappa shape index (κ2) is 9.17. The van der Waals surface area contributed by atoms with Gasteiger partial charge < -0.3 is 18.9 Å². The first kappa shape index (κ1) is 22.4. The van der Waals surface area contributed by atoms with Gasteiger partial charge in [-0.15, -0.1) is 0 Å². The first-order chi connectivity index (χ1) is 17.6. The van der Waals surface area contributed by atoms with Gasteiger partial charge in [-0.25, -0.2) is 4.98 Å². The van der Waals surface area contributed by atoms with Crippen LogP contribution in [0.3, 0.4) is 0 Å². The van der Waals surface area contributed by atoms with Crippen molar-refractivity contribution in [2.75, 3.05) is 26.9 Å². The number of rotatable bonds is 5. The van der Waals surface area contributed by atoms with Crippen LogP contribution in [0.2, 0.25) is 0 Å². The van der Waals surface area contributed by atoms with Gasteiger partial charge in [0.2, 0.25) is 12.7 Å². The quantitative estimate of drug-likeness (QED) is 0.556. The second-order valence-electron chi connectivity index (χ2n) is 9.61. The molecule has 1 amide bonds.